The number of carbonyl (C=O) groups excluding carboxylic acids is 1. The van der Waals surface area contributed by atoms with Crippen LogP contribution in [0.15, 0.2) is 0 Å². The van der Waals surface area contributed by atoms with E-state index in [1.165, 1.54) is 4.90 Å². The fraction of sp³-hybridized carbons (Fsp3) is 0.750. The summed E-state index contributed by atoms with van der Waals surface area (Å²) in [6, 6.07) is 0. The molecule has 0 spiro atoms. The van der Waals surface area contributed by atoms with Gasteiger partial charge in [-0.25, -0.2) is 0 Å². The number of fused-ring (bicyclic) bond motifs is 1. The van der Waals surface area contributed by atoms with E-state index in [-0.39, 0.29) is 24.3 Å². The first-order valence-electron chi connectivity index (χ1n) is 4.29. The molecule has 1 heterocycles. The van der Waals surface area contributed by atoms with Crippen LogP contribution in [0, 0.1) is 17.8 Å². The Hall–Kier alpha value is -1.10. The molecule has 72 valence electrons. The average molecular weight is 185 g/mol. The molecule has 1 aliphatic heterocycles. The van der Waals surface area contributed by atoms with E-state index < -0.39 is 11.9 Å². The number of carbonyl (C=O) groups is 2. The molecule has 1 amide bonds. The average Bonchev–Trinajstić information content (AvgIpc) is 2.69. The van der Waals surface area contributed by atoms with Gasteiger partial charge in [0.1, 0.15) is 0 Å². The third-order valence-electron chi connectivity index (χ3n) is 2.85. The number of nitrogens with zero attached hydrogens (tertiary/aromatic N) is 1. The number of aliphatic carboxylic acids is 1. The Balaban J connectivity index is 1.97. The highest BCUT2D eigenvalue weighted by Crippen LogP contribution is 2.52. The van der Waals surface area contributed by atoms with Gasteiger partial charge < -0.3 is 15.1 Å². The van der Waals surface area contributed by atoms with Gasteiger partial charge in [-0.3, -0.25) is 9.59 Å². The summed E-state index contributed by atoms with van der Waals surface area (Å²) in [5.41, 5.74) is 0. The van der Waals surface area contributed by atoms with Crippen LogP contribution < -0.4 is 0 Å². The standard InChI is InChI=1S/C8H11NO4/c10-2-1-9-3-4-5(7(9)11)6(4)8(12)13/h4-6,10H,1-3H2,(H,12,13). The van der Waals surface area contributed by atoms with Crippen molar-refractivity contribution in [3.8, 4) is 0 Å². The molecule has 2 rings (SSSR count). The van der Waals surface area contributed by atoms with Crippen LogP contribution in [0.2, 0.25) is 0 Å². The van der Waals surface area contributed by atoms with E-state index in [1.807, 2.05) is 0 Å². The number of rotatable bonds is 3. The van der Waals surface area contributed by atoms with Gasteiger partial charge in [-0.2, -0.15) is 0 Å². The lowest BCUT2D eigenvalue weighted by atomic mass is 10.2. The molecule has 0 aromatic heterocycles. The Labute approximate surface area is 75.0 Å². The zero-order valence-corrected chi connectivity index (χ0v) is 7.01. The third-order valence-corrected chi connectivity index (χ3v) is 2.85. The van der Waals surface area contributed by atoms with Crippen molar-refractivity contribution in [2.45, 2.75) is 0 Å². The van der Waals surface area contributed by atoms with Crippen LogP contribution in [-0.4, -0.2) is 46.7 Å². The van der Waals surface area contributed by atoms with Crippen molar-refractivity contribution < 1.29 is 19.8 Å². The zero-order valence-electron chi connectivity index (χ0n) is 7.01. The highest BCUT2D eigenvalue weighted by Gasteiger charge is 2.64. The fourth-order valence-corrected chi connectivity index (χ4v) is 2.15. The van der Waals surface area contributed by atoms with E-state index in [2.05, 4.69) is 0 Å². The molecule has 3 atom stereocenters. The van der Waals surface area contributed by atoms with Crippen molar-refractivity contribution in [3.05, 3.63) is 0 Å². The molecule has 1 aliphatic carbocycles. The first kappa shape index (κ1) is 8.50. The van der Waals surface area contributed by atoms with Crippen LogP contribution >= 0.6 is 0 Å². The second-order valence-electron chi connectivity index (χ2n) is 3.56. The number of β-amino-alcohol motifs (C(OH)–C–C–N with tert-alkyl or cyclic N) is 1. The van der Waals surface area contributed by atoms with Crippen LogP contribution in [0.5, 0.6) is 0 Å². The molecule has 0 bridgehead atoms. The summed E-state index contributed by atoms with van der Waals surface area (Å²) >= 11 is 0. The summed E-state index contributed by atoms with van der Waals surface area (Å²) in [6.07, 6.45) is 0. The smallest absolute Gasteiger partial charge is 0.307 e. The lowest BCUT2D eigenvalue weighted by Gasteiger charge is -2.17. The number of hydrogen-bond donors (Lipinski definition) is 2. The van der Waals surface area contributed by atoms with Crippen LogP contribution in [0.25, 0.3) is 0 Å². The predicted octanol–water partition coefficient (Wildman–Crippen LogP) is -1.23. The van der Waals surface area contributed by atoms with E-state index in [0.29, 0.717) is 13.1 Å². The molecule has 0 aromatic carbocycles. The summed E-state index contributed by atoms with van der Waals surface area (Å²) in [4.78, 5) is 23.5. The third kappa shape index (κ3) is 1.11. The van der Waals surface area contributed by atoms with Crippen LogP contribution in [-0.2, 0) is 9.59 Å². The minimum atomic E-state index is -0.869. The van der Waals surface area contributed by atoms with Crippen molar-refractivity contribution in [2.75, 3.05) is 19.7 Å². The number of aliphatic hydroxyl groups is 1. The van der Waals surface area contributed by atoms with Gasteiger partial charge in [-0.15, -0.1) is 0 Å². The number of amides is 1. The molecular formula is C8H11NO4. The number of piperidine rings is 1. The van der Waals surface area contributed by atoms with E-state index in [9.17, 15) is 9.59 Å². The van der Waals surface area contributed by atoms with Gasteiger partial charge in [-0.05, 0) is 0 Å². The number of likely N-dealkylation sites (tertiary alicyclic amines) is 1. The second kappa shape index (κ2) is 2.70. The summed E-state index contributed by atoms with van der Waals surface area (Å²) in [5, 5.41) is 17.3. The maximum absolute atomic E-state index is 11.4. The first-order chi connectivity index (χ1) is 6.16. The van der Waals surface area contributed by atoms with Crippen molar-refractivity contribution in [2.24, 2.45) is 17.8 Å². The minimum absolute atomic E-state index is 0.00319. The molecule has 0 radical (unpaired) electrons. The van der Waals surface area contributed by atoms with Crippen LogP contribution in [0.1, 0.15) is 0 Å². The molecule has 3 unspecified atom stereocenters. The number of hydrogen-bond acceptors (Lipinski definition) is 3. The Bertz CT molecular complexity index is 265. The van der Waals surface area contributed by atoms with Crippen molar-refractivity contribution in [1.82, 2.24) is 4.90 Å². The van der Waals surface area contributed by atoms with E-state index in [4.69, 9.17) is 10.2 Å². The predicted molar refractivity (Wildman–Crippen MR) is 41.8 cm³/mol. The van der Waals surface area contributed by atoms with Gasteiger partial charge in [0.25, 0.3) is 0 Å². The Kier molecular flexibility index (Phi) is 1.76. The highest BCUT2D eigenvalue weighted by atomic mass is 16.4. The van der Waals surface area contributed by atoms with Gasteiger partial charge in [0.05, 0.1) is 18.4 Å². The number of carboxylic acid groups (broad SMARTS) is 1. The van der Waals surface area contributed by atoms with E-state index in [0.717, 1.165) is 0 Å². The molecule has 2 aliphatic rings. The van der Waals surface area contributed by atoms with Crippen molar-refractivity contribution >= 4 is 11.9 Å². The second-order valence-corrected chi connectivity index (χ2v) is 3.56. The van der Waals surface area contributed by atoms with Crippen molar-refractivity contribution in [3.63, 3.8) is 0 Å². The van der Waals surface area contributed by atoms with Crippen molar-refractivity contribution in [1.29, 1.82) is 0 Å². The Morgan fingerprint density at radius 2 is 2.31 bits per heavy atom. The molecule has 13 heavy (non-hydrogen) atoms. The molecule has 0 aromatic rings. The number of aliphatic hydroxyl groups excluding tert-OH is 1. The molecule has 1 saturated heterocycles. The van der Waals surface area contributed by atoms with Gasteiger partial charge in [0.15, 0.2) is 0 Å². The maximum Gasteiger partial charge on any atom is 0.307 e. The molecule has 5 heteroatoms. The Morgan fingerprint density at radius 3 is 2.69 bits per heavy atom. The van der Waals surface area contributed by atoms with Crippen LogP contribution in [0.4, 0.5) is 0 Å². The monoisotopic (exact) mass is 185 g/mol. The fourth-order valence-electron chi connectivity index (χ4n) is 2.15. The van der Waals surface area contributed by atoms with E-state index >= 15 is 0 Å². The number of carboxylic acids is 1. The molecule has 2 fully saturated rings. The summed E-state index contributed by atoms with van der Waals surface area (Å²) in [5.74, 6) is -1.73. The maximum atomic E-state index is 11.4. The molecule has 5 nitrogen and oxygen atoms in total. The first-order valence-corrected chi connectivity index (χ1v) is 4.29. The van der Waals surface area contributed by atoms with Gasteiger partial charge in [0.2, 0.25) is 5.91 Å². The SMILES string of the molecule is O=C(O)C1C2CN(CCO)C(=O)C21. The summed E-state index contributed by atoms with van der Waals surface area (Å²) in [7, 11) is 0. The minimum Gasteiger partial charge on any atom is -0.481 e. The lowest BCUT2D eigenvalue weighted by molar-refractivity contribution is -0.142. The van der Waals surface area contributed by atoms with Gasteiger partial charge >= 0.3 is 5.97 Å². The molecule has 2 N–H and O–H groups in total. The van der Waals surface area contributed by atoms with Gasteiger partial charge in [0, 0.05) is 19.0 Å². The largest absolute Gasteiger partial charge is 0.481 e. The van der Waals surface area contributed by atoms with Gasteiger partial charge in [-0.1, -0.05) is 0 Å². The Morgan fingerprint density at radius 1 is 1.62 bits per heavy atom. The molecule has 1 saturated carbocycles. The lowest BCUT2D eigenvalue weighted by Crippen LogP contribution is -2.33. The molecular weight excluding hydrogens is 174 g/mol. The van der Waals surface area contributed by atoms with E-state index in [1.54, 1.807) is 0 Å². The summed E-state index contributed by atoms with van der Waals surface area (Å²) < 4.78 is 0. The topological polar surface area (TPSA) is 77.8 Å². The normalized spacial score (nSPS) is 36.2. The zero-order chi connectivity index (χ0) is 9.59. The quantitative estimate of drug-likeness (QED) is 0.577. The highest BCUT2D eigenvalue weighted by molar-refractivity contribution is 5.93. The van der Waals surface area contributed by atoms with Crippen LogP contribution in [0.3, 0.4) is 0 Å². The summed E-state index contributed by atoms with van der Waals surface area (Å²) in [6.45, 7) is 0.780.